The summed E-state index contributed by atoms with van der Waals surface area (Å²) >= 11 is 0. The number of aromatic nitrogens is 5. The average Bonchev–Trinajstić information content (AvgIpc) is 3.18. The molecule has 1 atom stereocenters. The van der Waals surface area contributed by atoms with Crippen molar-refractivity contribution in [3.63, 3.8) is 0 Å². The van der Waals surface area contributed by atoms with Crippen LogP contribution in [0.3, 0.4) is 0 Å². The molecule has 0 amide bonds. The van der Waals surface area contributed by atoms with E-state index in [0.717, 1.165) is 37.2 Å². The molecule has 2 aromatic rings. The van der Waals surface area contributed by atoms with E-state index in [9.17, 15) is 0 Å². The van der Waals surface area contributed by atoms with E-state index in [0.29, 0.717) is 5.82 Å². The molecule has 2 aromatic heterocycles. The van der Waals surface area contributed by atoms with Crippen molar-refractivity contribution in [1.82, 2.24) is 30.5 Å². The lowest BCUT2D eigenvalue weighted by Gasteiger charge is -2.38. The van der Waals surface area contributed by atoms with Crippen molar-refractivity contribution in [2.45, 2.75) is 32.2 Å². The van der Waals surface area contributed by atoms with Crippen LogP contribution in [-0.4, -0.2) is 56.8 Å². The number of nitrogens with one attached hydrogen (secondary N) is 1. The molecule has 0 saturated carbocycles. The Morgan fingerprint density at radius 3 is 2.92 bits per heavy atom. The number of rotatable bonds is 4. The third-order valence-corrected chi connectivity index (χ3v) is 5.28. The van der Waals surface area contributed by atoms with Crippen LogP contribution in [0.15, 0.2) is 18.5 Å². The SMILES string of the molecule is c1ncc(-c2nn[nH]n2)cc1CN1CCCC(C2CCOCC2)C1. The van der Waals surface area contributed by atoms with Gasteiger partial charge < -0.3 is 4.74 Å². The van der Waals surface area contributed by atoms with Gasteiger partial charge in [0.2, 0.25) is 5.82 Å². The number of nitrogens with zero attached hydrogens (tertiary/aromatic N) is 5. The standard InChI is InChI=1S/C17H24N6O/c1-2-15(14-3-6-24-7-4-14)12-23(5-1)11-13-8-16(10-18-9-13)17-19-21-22-20-17/h8-10,14-15H,1-7,11-12H2,(H,19,20,21,22). The van der Waals surface area contributed by atoms with Crippen molar-refractivity contribution in [3.8, 4) is 11.4 Å². The Bertz CT molecular complexity index is 640. The van der Waals surface area contributed by atoms with Crippen LogP contribution < -0.4 is 0 Å². The van der Waals surface area contributed by atoms with Gasteiger partial charge >= 0.3 is 0 Å². The Morgan fingerprint density at radius 1 is 1.17 bits per heavy atom. The molecule has 2 aliphatic rings. The highest BCUT2D eigenvalue weighted by Gasteiger charge is 2.28. The van der Waals surface area contributed by atoms with Crippen molar-refractivity contribution < 1.29 is 4.74 Å². The third kappa shape index (κ3) is 3.62. The van der Waals surface area contributed by atoms with Gasteiger partial charge in [0.15, 0.2) is 0 Å². The molecule has 1 N–H and O–H groups in total. The van der Waals surface area contributed by atoms with E-state index in [1.165, 1.54) is 44.3 Å². The minimum Gasteiger partial charge on any atom is -0.381 e. The number of piperidine rings is 1. The van der Waals surface area contributed by atoms with Gasteiger partial charge in [-0.3, -0.25) is 9.88 Å². The molecule has 1 unspecified atom stereocenters. The van der Waals surface area contributed by atoms with Crippen LogP contribution >= 0.6 is 0 Å². The summed E-state index contributed by atoms with van der Waals surface area (Å²) in [6.07, 6.45) is 8.85. The van der Waals surface area contributed by atoms with Crippen molar-refractivity contribution in [2.75, 3.05) is 26.3 Å². The number of hydrogen-bond acceptors (Lipinski definition) is 6. The highest BCUT2D eigenvalue weighted by Crippen LogP contribution is 2.31. The van der Waals surface area contributed by atoms with Crippen LogP contribution in [-0.2, 0) is 11.3 Å². The van der Waals surface area contributed by atoms with Gasteiger partial charge in [0, 0.05) is 44.3 Å². The van der Waals surface area contributed by atoms with Crippen LogP contribution in [0, 0.1) is 11.8 Å². The highest BCUT2D eigenvalue weighted by molar-refractivity contribution is 5.52. The molecule has 2 fully saturated rings. The zero-order valence-corrected chi connectivity index (χ0v) is 13.9. The number of pyridine rings is 1. The Kier molecular flexibility index (Phi) is 4.80. The van der Waals surface area contributed by atoms with Gasteiger partial charge in [0.05, 0.1) is 0 Å². The molecule has 4 heterocycles. The molecular formula is C17H24N6O. The summed E-state index contributed by atoms with van der Waals surface area (Å²) in [5.74, 6) is 2.25. The maximum absolute atomic E-state index is 5.52. The van der Waals surface area contributed by atoms with Gasteiger partial charge in [-0.05, 0) is 60.9 Å². The molecule has 24 heavy (non-hydrogen) atoms. The molecule has 128 valence electrons. The summed E-state index contributed by atoms with van der Waals surface area (Å²) in [4.78, 5) is 6.92. The first-order valence-electron chi connectivity index (χ1n) is 8.86. The summed E-state index contributed by atoms with van der Waals surface area (Å²) in [5.41, 5.74) is 2.13. The average molecular weight is 328 g/mol. The normalized spacial score (nSPS) is 23.4. The fourth-order valence-corrected chi connectivity index (χ4v) is 4.05. The number of ether oxygens (including phenoxy) is 1. The fraction of sp³-hybridized carbons (Fsp3) is 0.647. The quantitative estimate of drug-likeness (QED) is 0.923. The second-order valence-electron chi connectivity index (χ2n) is 6.90. The lowest BCUT2D eigenvalue weighted by Crippen LogP contribution is -2.39. The van der Waals surface area contributed by atoms with Gasteiger partial charge in [-0.25, -0.2) is 0 Å². The Hall–Kier alpha value is -1.86. The second-order valence-corrected chi connectivity index (χ2v) is 6.90. The van der Waals surface area contributed by atoms with E-state index in [1.54, 1.807) is 6.20 Å². The van der Waals surface area contributed by atoms with Crippen LogP contribution in [0.2, 0.25) is 0 Å². The molecule has 0 aliphatic carbocycles. The molecule has 0 radical (unpaired) electrons. The fourth-order valence-electron chi connectivity index (χ4n) is 4.05. The summed E-state index contributed by atoms with van der Waals surface area (Å²) in [7, 11) is 0. The van der Waals surface area contributed by atoms with Crippen molar-refractivity contribution >= 4 is 0 Å². The first-order chi connectivity index (χ1) is 11.9. The Balaban J connectivity index is 1.40. The molecule has 4 rings (SSSR count). The Morgan fingerprint density at radius 2 is 2.08 bits per heavy atom. The molecular weight excluding hydrogens is 304 g/mol. The molecule has 2 saturated heterocycles. The molecule has 2 aliphatic heterocycles. The molecule has 0 spiro atoms. The maximum Gasteiger partial charge on any atom is 0.206 e. The Labute approximate surface area is 141 Å². The van der Waals surface area contributed by atoms with E-state index in [1.807, 2.05) is 6.20 Å². The van der Waals surface area contributed by atoms with E-state index in [-0.39, 0.29) is 0 Å². The van der Waals surface area contributed by atoms with Gasteiger partial charge in [0.1, 0.15) is 0 Å². The molecule has 0 bridgehead atoms. The molecule has 7 nitrogen and oxygen atoms in total. The van der Waals surface area contributed by atoms with Crippen molar-refractivity contribution in [3.05, 3.63) is 24.0 Å². The topological polar surface area (TPSA) is 79.8 Å². The summed E-state index contributed by atoms with van der Waals surface area (Å²) in [5, 5.41) is 14.2. The number of tetrazole rings is 1. The zero-order chi connectivity index (χ0) is 16.2. The molecule has 0 aromatic carbocycles. The predicted molar refractivity (Wildman–Crippen MR) is 89.0 cm³/mol. The van der Waals surface area contributed by atoms with E-state index in [2.05, 4.69) is 36.6 Å². The van der Waals surface area contributed by atoms with Crippen LogP contribution in [0.4, 0.5) is 0 Å². The monoisotopic (exact) mass is 328 g/mol. The van der Waals surface area contributed by atoms with Crippen molar-refractivity contribution in [2.24, 2.45) is 11.8 Å². The van der Waals surface area contributed by atoms with Gasteiger partial charge in [-0.2, -0.15) is 5.21 Å². The lowest BCUT2D eigenvalue weighted by molar-refractivity contribution is 0.0253. The smallest absolute Gasteiger partial charge is 0.206 e. The van der Waals surface area contributed by atoms with E-state index >= 15 is 0 Å². The number of H-pyrrole nitrogens is 1. The maximum atomic E-state index is 5.52. The summed E-state index contributed by atoms with van der Waals surface area (Å²) < 4.78 is 5.52. The van der Waals surface area contributed by atoms with E-state index < -0.39 is 0 Å². The summed E-state index contributed by atoms with van der Waals surface area (Å²) in [6, 6.07) is 2.12. The number of likely N-dealkylation sites (tertiary alicyclic amines) is 1. The van der Waals surface area contributed by atoms with Crippen LogP contribution in [0.5, 0.6) is 0 Å². The van der Waals surface area contributed by atoms with Crippen LogP contribution in [0.1, 0.15) is 31.2 Å². The first-order valence-corrected chi connectivity index (χ1v) is 8.86. The minimum absolute atomic E-state index is 0.600. The first kappa shape index (κ1) is 15.7. The highest BCUT2D eigenvalue weighted by atomic mass is 16.5. The summed E-state index contributed by atoms with van der Waals surface area (Å²) in [6.45, 7) is 5.19. The van der Waals surface area contributed by atoms with Gasteiger partial charge in [0.25, 0.3) is 0 Å². The van der Waals surface area contributed by atoms with E-state index in [4.69, 9.17) is 4.74 Å². The number of aromatic amines is 1. The number of hydrogen-bond donors (Lipinski definition) is 1. The van der Waals surface area contributed by atoms with Gasteiger partial charge in [-0.15, -0.1) is 10.2 Å². The predicted octanol–water partition coefficient (Wildman–Crippen LogP) is 1.90. The van der Waals surface area contributed by atoms with Gasteiger partial charge in [-0.1, -0.05) is 0 Å². The minimum atomic E-state index is 0.600. The largest absolute Gasteiger partial charge is 0.381 e. The zero-order valence-electron chi connectivity index (χ0n) is 13.9. The second kappa shape index (κ2) is 7.36. The lowest BCUT2D eigenvalue weighted by atomic mass is 9.81. The third-order valence-electron chi connectivity index (χ3n) is 5.28. The van der Waals surface area contributed by atoms with Crippen molar-refractivity contribution in [1.29, 1.82) is 0 Å². The molecule has 7 heteroatoms. The van der Waals surface area contributed by atoms with Crippen LogP contribution in [0.25, 0.3) is 11.4 Å².